The highest BCUT2D eigenvalue weighted by molar-refractivity contribution is 6.03. The first kappa shape index (κ1) is 21.3. The number of hydrogen-bond donors (Lipinski definition) is 1. The minimum Gasteiger partial charge on any atom is -0.479 e. The van der Waals surface area contributed by atoms with E-state index >= 15 is 0 Å². The van der Waals surface area contributed by atoms with Crippen LogP contribution in [0.1, 0.15) is 27.2 Å². The first-order valence-electron chi connectivity index (χ1n) is 8.38. The molecular formula is C18H28ClN3O3. The Balaban J connectivity index is 0.00000312. The molecule has 0 aliphatic carbocycles. The van der Waals surface area contributed by atoms with Gasteiger partial charge in [0.1, 0.15) is 12.3 Å². The first-order valence-corrected chi connectivity index (χ1v) is 8.38. The van der Waals surface area contributed by atoms with Gasteiger partial charge in [0, 0.05) is 19.6 Å². The maximum Gasteiger partial charge on any atom is 0.268 e. The molecule has 0 radical (unpaired) electrons. The van der Waals surface area contributed by atoms with Gasteiger partial charge in [0.05, 0.1) is 5.69 Å². The summed E-state index contributed by atoms with van der Waals surface area (Å²) in [5.74, 6) is 0.696. The molecule has 2 amide bonds. The second-order valence-electron chi connectivity index (χ2n) is 6.66. The predicted octanol–water partition coefficient (Wildman–Crippen LogP) is 2.05. The molecule has 0 saturated heterocycles. The van der Waals surface area contributed by atoms with Crippen LogP contribution in [0.5, 0.6) is 5.75 Å². The van der Waals surface area contributed by atoms with Crippen LogP contribution in [0.15, 0.2) is 24.3 Å². The number of carbonyl (C=O) groups excluding carboxylic acids is 2. The number of halogens is 1. The molecular weight excluding hydrogens is 342 g/mol. The number of likely N-dealkylation sites (N-methyl/N-ethyl adjacent to an activating group) is 1. The predicted molar refractivity (Wildman–Crippen MR) is 101 cm³/mol. The summed E-state index contributed by atoms with van der Waals surface area (Å²) in [6.45, 7) is 6.42. The van der Waals surface area contributed by atoms with E-state index < -0.39 is 6.10 Å². The molecule has 2 N–H and O–H groups in total. The van der Waals surface area contributed by atoms with E-state index in [9.17, 15) is 9.59 Å². The van der Waals surface area contributed by atoms with Crippen LogP contribution in [-0.4, -0.2) is 49.0 Å². The van der Waals surface area contributed by atoms with Crippen molar-refractivity contribution in [2.75, 3.05) is 25.0 Å². The summed E-state index contributed by atoms with van der Waals surface area (Å²) >= 11 is 0. The van der Waals surface area contributed by atoms with Gasteiger partial charge in [-0.25, -0.2) is 0 Å². The number of nitrogens with zero attached hydrogens (tertiary/aromatic N) is 2. The van der Waals surface area contributed by atoms with E-state index in [0.717, 1.165) is 6.42 Å². The van der Waals surface area contributed by atoms with E-state index in [1.165, 1.54) is 4.90 Å². The van der Waals surface area contributed by atoms with Crippen LogP contribution in [0.2, 0.25) is 0 Å². The molecule has 0 fully saturated rings. The molecule has 25 heavy (non-hydrogen) atoms. The lowest BCUT2D eigenvalue weighted by molar-refractivity contribution is -0.132. The molecule has 0 bridgehead atoms. The molecule has 1 aliphatic heterocycles. The molecule has 1 heterocycles. The highest BCUT2D eigenvalue weighted by Crippen LogP contribution is 2.33. The van der Waals surface area contributed by atoms with Gasteiger partial charge in [-0.1, -0.05) is 26.0 Å². The molecule has 1 aromatic rings. The molecule has 2 atom stereocenters. The van der Waals surface area contributed by atoms with Crippen LogP contribution in [0.3, 0.4) is 0 Å². The van der Waals surface area contributed by atoms with Gasteiger partial charge in [0.25, 0.3) is 5.91 Å². The fourth-order valence-corrected chi connectivity index (χ4v) is 2.58. The monoisotopic (exact) mass is 369 g/mol. The van der Waals surface area contributed by atoms with Gasteiger partial charge in [-0.2, -0.15) is 0 Å². The first-order chi connectivity index (χ1) is 11.3. The third-order valence-electron chi connectivity index (χ3n) is 4.45. The molecule has 140 valence electrons. The summed E-state index contributed by atoms with van der Waals surface area (Å²) in [5, 5.41) is 0. The Morgan fingerprint density at radius 3 is 2.64 bits per heavy atom. The summed E-state index contributed by atoms with van der Waals surface area (Å²) in [6.07, 6.45) is 0.150. The lowest BCUT2D eigenvalue weighted by Crippen LogP contribution is -2.49. The number of anilines is 1. The summed E-state index contributed by atoms with van der Waals surface area (Å²) in [5.41, 5.74) is 6.67. The summed E-state index contributed by atoms with van der Waals surface area (Å²) < 4.78 is 5.59. The number of fused-ring (bicyclic) bond motifs is 1. The van der Waals surface area contributed by atoms with Crippen LogP contribution in [0, 0.1) is 5.92 Å². The minimum atomic E-state index is -0.590. The largest absolute Gasteiger partial charge is 0.479 e. The van der Waals surface area contributed by atoms with Crippen molar-refractivity contribution in [3.8, 4) is 5.75 Å². The third kappa shape index (κ3) is 5.09. The topological polar surface area (TPSA) is 75.9 Å². The van der Waals surface area contributed by atoms with Crippen LogP contribution >= 0.6 is 12.4 Å². The SMILES string of the molecule is CC1Oc2ccccc2N(CC(=O)N(C)CCC(N)C(C)C)C1=O.Cl. The molecule has 1 aliphatic rings. The maximum atomic E-state index is 12.5. The number of ether oxygens (including phenoxy) is 1. The smallest absolute Gasteiger partial charge is 0.268 e. The quantitative estimate of drug-likeness (QED) is 0.832. The van der Waals surface area contributed by atoms with Crippen molar-refractivity contribution in [1.29, 1.82) is 0 Å². The van der Waals surface area contributed by atoms with Crippen LogP contribution < -0.4 is 15.4 Å². The molecule has 0 aromatic heterocycles. The van der Waals surface area contributed by atoms with E-state index in [0.29, 0.717) is 23.9 Å². The van der Waals surface area contributed by atoms with Gasteiger partial charge < -0.3 is 15.4 Å². The Hall–Kier alpha value is -1.79. The van der Waals surface area contributed by atoms with Crippen LogP contribution in [0.4, 0.5) is 5.69 Å². The normalized spacial score (nSPS) is 17.4. The number of nitrogens with two attached hydrogens (primary N) is 1. The average molecular weight is 370 g/mol. The zero-order valence-electron chi connectivity index (χ0n) is 15.3. The molecule has 2 rings (SSSR count). The van der Waals surface area contributed by atoms with Crippen molar-refractivity contribution >= 4 is 29.9 Å². The molecule has 0 saturated carbocycles. The summed E-state index contributed by atoms with van der Waals surface area (Å²) in [4.78, 5) is 28.1. The van der Waals surface area contributed by atoms with Crippen LogP contribution in [-0.2, 0) is 9.59 Å². The average Bonchev–Trinajstić information content (AvgIpc) is 2.55. The van der Waals surface area contributed by atoms with E-state index in [1.807, 2.05) is 12.1 Å². The fraction of sp³-hybridized carbons (Fsp3) is 0.556. The van der Waals surface area contributed by atoms with Crippen molar-refractivity contribution in [2.24, 2.45) is 11.7 Å². The second kappa shape index (κ2) is 9.06. The summed E-state index contributed by atoms with van der Waals surface area (Å²) in [6, 6.07) is 7.34. The number of amides is 2. The zero-order chi connectivity index (χ0) is 17.9. The van der Waals surface area contributed by atoms with E-state index in [2.05, 4.69) is 13.8 Å². The number of carbonyl (C=O) groups is 2. The number of benzene rings is 1. The Kier molecular flexibility index (Phi) is 7.70. The van der Waals surface area contributed by atoms with Crippen molar-refractivity contribution in [3.63, 3.8) is 0 Å². The molecule has 1 aromatic carbocycles. The molecule has 7 heteroatoms. The zero-order valence-corrected chi connectivity index (χ0v) is 16.1. The van der Waals surface area contributed by atoms with Gasteiger partial charge in [-0.15, -0.1) is 12.4 Å². The van der Waals surface area contributed by atoms with Crippen molar-refractivity contribution < 1.29 is 14.3 Å². The lowest BCUT2D eigenvalue weighted by atomic mass is 10.0. The van der Waals surface area contributed by atoms with E-state index in [4.69, 9.17) is 10.5 Å². The standard InChI is InChI=1S/C18H27N3O3.ClH/c1-12(2)14(19)9-10-20(4)17(22)11-21-15-7-5-6-8-16(15)24-13(3)18(21)23;/h5-8,12-14H,9-11,19H2,1-4H3;1H. The van der Waals surface area contributed by atoms with E-state index in [1.54, 1.807) is 31.0 Å². The van der Waals surface area contributed by atoms with Crippen molar-refractivity contribution in [2.45, 2.75) is 39.3 Å². The Morgan fingerprint density at radius 1 is 1.36 bits per heavy atom. The van der Waals surface area contributed by atoms with Gasteiger partial charge in [0.15, 0.2) is 6.10 Å². The maximum absolute atomic E-state index is 12.5. The Morgan fingerprint density at radius 2 is 2.00 bits per heavy atom. The highest BCUT2D eigenvalue weighted by atomic mass is 35.5. The lowest BCUT2D eigenvalue weighted by Gasteiger charge is -2.33. The molecule has 6 nitrogen and oxygen atoms in total. The summed E-state index contributed by atoms with van der Waals surface area (Å²) in [7, 11) is 1.75. The van der Waals surface area contributed by atoms with Crippen molar-refractivity contribution in [1.82, 2.24) is 4.90 Å². The minimum absolute atomic E-state index is 0. The second-order valence-corrected chi connectivity index (χ2v) is 6.66. The Labute approximate surface area is 155 Å². The third-order valence-corrected chi connectivity index (χ3v) is 4.45. The number of para-hydroxylation sites is 2. The highest BCUT2D eigenvalue weighted by Gasteiger charge is 2.33. The van der Waals surface area contributed by atoms with Crippen LogP contribution in [0.25, 0.3) is 0 Å². The van der Waals surface area contributed by atoms with Gasteiger partial charge in [-0.05, 0) is 31.4 Å². The fourth-order valence-electron chi connectivity index (χ4n) is 2.58. The van der Waals surface area contributed by atoms with E-state index in [-0.39, 0.29) is 36.8 Å². The van der Waals surface area contributed by atoms with Crippen molar-refractivity contribution in [3.05, 3.63) is 24.3 Å². The number of rotatable bonds is 6. The van der Waals surface area contributed by atoms with Gasteiger partial charge in [-0.3, -0.25) is 14.5 Å². The molecule has 2 unspecified atom stereocenters. The number of hydrogen-bond acceptors (Lipinski definition) is 4. The van der Waals surface area contributed by atoms with Gasteiger partial charge in [0.2, 0.25) is 5.91 Å². The Bertz CT molecular complexity index is 609. The van der Waals surface area contributed by atoms with Gasteiger partial charge >= 0.3 is 0 Å². The molecule has 0 spiro atoms.